The van der Waals surface area contributed by atoms with Crippen molar-refractivity contribution < 1.29 is 2.74 Å². The molecule has 1 heteroatoms. The van der Waals surface area contributed by atoms with E-state index in [1.807, 2.05) is 13.8 Å². The molecule has 0 aliphatic carbocycles. The molecular weight excluding hydrogens is 276 g/mol. The van der Waals surface area contributed by atoms with Crippen LogP contribution >= 0.6 is 11.6 Å². The Kier molecular flexibility index (Phi) is 10.6. The second-order valence-electron chi connectivity index (χ2n) is 6.24. The standard InChI is InChI=1S/C20H35Cl/c1-17(2)9-6-10-18(3)11-7-12-19(4)13-8-14-20(5)15-16-21/h11,13,15,17H,6-10,12,14,16H2,1-5H3/b18-11+,19-13+,20-15+/i9D2. The lowest BCUT2D eigenvalue weighted by atomic mass is 10.0. The second kappa shape index (κ2) is 13.2. The van der Waals surface area contributed by atoms with Crippen LogP contribution in [0.4, 0.5) is 0 Å². The topological polar surface area (TPSA) is 0 Å². The van der Waals surface area contributed by atoms with Crippen molar-refractivity contribution in [1.29, 1.82) is 0 Å². The Balaban J connectivity index is 4.09. The van der Waals surface area contributed by atoms with Gasteiger partial charge >= 0.3 is 0 Å². The lowest BCUT2D eigenvalue weighted by molar-refractivity contribution is 0.554. The van der Waals surface area contributed by atoms with E-state index in [-0.39, 0.29) is 5.92 Å². The molecule has 0 aromatic heterocycles. The van der Waals surface area contributed by atoms with Crippen LogP contribution < -0.4 is 0 Å². The molecule has 0 aliphatic rings. The normalized spacial score (nSPS) is 16.2. The van der Waals surface area contributed by atoms with E-state index in [0.717, 1.165) is 32.1 Å². The number of rotatable bonds is 11. The van der Waals surface area contributed by atoms with Crippen molar-refractivity contribution in [2.45, 2.75) is 79.5 Å². The Bertz CT molecular complexity index is 417. The molecule has 0 N–H and O–H groups in total. The molecule has 21 heavy (non-hydrogen) atoms. The smallest absolute Gasteiger partial charge is 0.0406 e. The third-order valence-corrected chi connectivity index (χ3v) is 3.71. The predicted molar refractivity (Wildman–Crippen MR) is 99.1 cm³/mol. The quantitative estimate of drug-likeness (QED) is 0.274. The van der Waals surface area contributed by atoms with Gasteiger partial charge in [-0.3, -0.25) is 0 Å². The first-order chi connectivity index (χ1) is 10.7. The first kappa shape index (κ1) is 16.9. The number of hydrogen-bond donors (Lipinski definition) is 0. The highest BCUT2D eigenvalue weighted by atomic mass is 35.5. The predicted octanol–water partition coefficient (Wildman–Crippen LogP) is 7.45. The van der Waals surface area contributed by atoms with Crippen molar-refractivity contribution in [3.8, 4) is 0 Å². The zero-order valence-electron chi connectivity index (χ0n) is 16.6. The van der Waals surface area contributed by atoms with Crippen molar-refractivity contribution in [3.63, 3.8) is 0 Å². The largest absolute Gasteiger partial charge is 0.122 e. The molecule has 0 nitrogen and oxygen atoms in total. The van der Waals surface area contributed by atoms with E-state index in [2.05, 4.69) is 39.0 Å². The van der Waals surface area contributed by atoms with Crippen molar-refractivity contribution in [2.75, 3.05) is 5.88 Å². The number of alkyl halides is 1. The number of hydrogen-bond acceptors (Lipinski definition) is 0. The molecule has 0 aliphatic heterocycles. The molecular formula is C20H35Cl. The zero-order valence-corrected chi connectivity index (χ0v) is 15.4. The third kappa shape index (κ3) is 14.2. The summed E-state index contributed by atoms with van der Waals surface area (Å²) >= 11 is 5.69. The summed E-state index contributed by atoms with van der Waals surface area (Å²) in [5.41, 5.74) is 4.10. The van der Waals surface area contributed by atoms with E-state index < -0.39 is 6.37 Å². The molecule has 0 saturated heterocycles. The van der Waals surface area contributed by atoms with E-state index in [0.29, 0.717) is 12.3 Å². The van der Waals surface area contributed by atoms with Crippen LogP contribution in [0.5, 0.6) is 0 Å². The summed E-state index contributed by atoms with van der Waals surface area (Å²) in [4.78, 5) is 0. The van der Waals surface area contributed by atoms with Crippen LogP contribution in [0.1, 0.15) is 82.3 Å². The van der Waals surface area contributed by atoms with Gasteiger partial charge in [0.15, 0.2) is 0 Å². The minimum Gasteiger partial charge on any atom is -0.122 e. The molecule has 0 spiro atoms. The van der Waals surface area contributed by atoms with Crippen LogP contribution in [-0.2, 0) is 0 Å². The molecule has 0 unspecified atom stereocenters. The van der Waals surface area contributed by atoms with Gasteiger partial charge in [-0.15, -0.1) is 11.6 Å². The zero-order chi connectivity index (χ0) is 17.9. The van der Waals surface area contributed by atoms with E-state index in [4.69, 9.17) is 14.3 Å². The Morgan fingerprint density at radius 1 is 0.905 bits per heavy atom. The molecule has 0 aromatic rings. The number of allylic oxidation sites excluding steroid dienone is 6. The van der Waals surface area contributed by atoms with Crippen molar-refractivity contribution in [2.24, 2.45) is 5.92 Å². The van der Waals surface area contributed by atoms with Gasteiger partial charge in [-0.2, -0.15) is 0 Å². The molecule has 0 amide bonds. The molecule has 0 heterocycles. The first-order valence-electron chi connectivity index (χ1n) is 9.22. The summed E-state index contributed by atoms with van der Waals surface area (Å²) in [6.07, 6.45) is 11.4. The molecule has 0 rings (SSSR count). The van der Waals surface area contributed by atoms with E-state index in [9.17, 15) is 0 Å². The first-order valence-corrected chi connectivity index (χ1v) is 8.75. The van der Waals surface area contributed by atoms with Crippen molar-refractivity contribution >= 4 is 11.6 Å². The summed E-state index contributed by atoms with van der Waals surface area (Å²) in [5.74, 6) is 0.685. The highest BCUT2D eigenvalue weighted by Gasteiger charge is 1.96. The lowest BCUT2D eigenvalue weighted by Gasteiger charge is -2.05. The van der Waals surface area contributed by atoms with Gasteiger partial charge in [-0.1, -0.05) is 55.2 Å². The van der Waals surface area contributed by atoms with Crippen LogP contribution in [0.25, 0.3) is 0 Å². The summed E-state index contributed by atoms with van der Waals surface area (Å²) in [6, 6.07) is 0. The molecule has 0 saturated carbocycles. The van der Waals surface area contributed by atoms with Crippen molar-refractivity contribution in [3.05, 3.63) is 34.9 Å². The van der Waals surface area contributed by atoms with E-state index in [1.165, 1.54) is 16.7 Å². The average molecular weight is 313 g/mol. The maximum absolute atomic E-state index is 7.98. The van der Waals surface area contributed by atoms with Crippen LogP contribution in [0.3, 0.4) is 0 Å². The maximum Gasteiger partial charge on any atom is 0.0406 e. The minimum absolute atomic E-state index is 0.0804. The fourth-order valence-corrected chi connectivity index (χ4v) is 2.35. The van der Waals surface area contributed by atoms with Crippen LogP contribution in [0, 0.1) is 5.92 Å². The Morgan fingerprint density at radius 2 is 1.38 bits per heavy atom. The van der Waals surface area contributed by atoms with E-state index >= 15 is 0 Å². The van der Waals surface area contributed by atoms with Gasteiger partial charge in [-0.25, -0.2) is 0 Å². The number of halogens is 1. The van der Waals surface area contributed by atoms with Crippen LogP contribution in [0.2, 0.25) is 0 Å². The lowest BCUT2D eigenvalue weighted by Crippen LogP contribution is -1.88. The Morgan fingerprint density at radius 3 is 1.86 bits per heavy atom. The summed E-state index contributed by atoms with van der Waals surface area (Å²) in [6.45, 7) is 10.4. The molecule has 122 valence electrons. The van der Waals surface area contributed by atoms with E-state index in [1.54, 1.807) is 0 Å². The van der Waals surface area contributed by atoms with Gasteiger partial charge in [0.25, 0.3) is 0 Å². The highest BCUT2D eigenvalue weighted by Crippen LogP contribution is 2.15. The Labute approximate surface area is 141 Å². The van der Waals surface area contributed by atoms with Gasteiger partial charge in [0, 0.05) is 8.62 Å². The van der Waals surface area contributed by atoms with Gasteiger partial charge in [0.05, 0.1) is 0 Å². The third-order valence-electron chi connectivity index (χ3n) is 3.56. The van der Waals surface area contributed by atoms with Gasteiger partial charge in [0.1, 0.15) is 0 Å². The average Bonchev–Trinajstić information content (AvgIpc) is 2.45. The second-order valence-corrected chi connectivity index (χ2v) is 6.55. The summed E-state index contributed by atoms with van der Waals surface area (Å²) in [5, 5.41) is 0. The fourth-order valence-electron chi connectivity index (χ4n) is 2.09. The molecule has 0 fully saturated rings. The fraction of sp³-hybridized carbons (Fsp3) is 0.700. The summed E-state index contributed by atoms with van der Waals surface area (Å²) in [7, 11) is 0. The molecule has 0 radical (unpaired) electrons. The van der Waals surface area contributed by atoms with Gasteiger partial charge in [0.2, 0.25) is 0 Å². The van der Waals surface area contributed by atoms with Gasteiger partial charge in [-0.05, 0) is 65.2 Å². The Hall–Kier alpha value is -0.490. The molecule has 0 aromatic carbocycles. The maximum atomic E-state index is 7.98. The van der Waals surface area contributed by atoms with Gasteiger partial charge < -0.3 is 0 Å². The highest BCUT2D eigenvalue weighted by molar-refractivity contribution is 6.18. The SMILES string of the molecule is [2H]C([2H])(CC/C(C)=C/CC/C(C)=C/CC/C(C)=C/CCl)C(C)C. The summed E-state index contributed by atoms with van der Waals surface area (Å²) < 4.78 is 16.0. The van der Waals surface area contributed by atoms with Crippen LogP contribution in [0.15, 0.2) is 34.9 Å². The van der Waals surface area contributed by atoms with Crippen LogP contribution in [-0.4, -0.2) is 5.88 Å². The molecule has 0 bridgehead atoms. The van der Waals surface area contributed by atoms with Crippen molar-refractivity contribution in [1.82, 2.24) is 0 Å². The minimum atomic E-state index is -1.06. The molecule has 0 atom stereocenters. The monoisotopic (exact) mass is 312 g/mol.